The molecule has 0 bridgehead atoms. The van der Waals surface area contributed by atoms with Gasteiger partial charge in [0.05, 0.1) is 5.69 Å². The molecule has 0 aliphatic carbocycles. The van der Waals surface area contributed by atoms with Gasteiger partial charge in [0.1, 0.15) is 5.75 Å². The summed E-state index contributed by atoms with van der Waals surface area (Å²) in [4.78, 5) is 2.14. The summed E-state index contributed by atoms with van der Waals surface area (Å²) >= 11 is 0. The molecule has 0 heterocycles. The van der Waals surface area contributed by atoms with E-state index in [9.17, 15) is 0 Å². The average molecular weight is 289 g/mol. The minimum atomic E-state index is 0.840. The van der Waals surface area contributed by atoms with Crippen LogP contribution in [0, 0.1) is 6.92 Å². The lowest BCUT2D eigenvalue weighted by molar-refractivity contribution is 0.483. The maximum atomic E-state index is 6.03. The third-order valence-electron chi connectivity index (χ3n) is 3.62. The second-order valence-corrected chi connectivity index (χ2v) is 5.28. The Labute approximate surface area is 131 Å². The van der Waals surface area contributed by atoms with Crippen molar-refractivity contribution >= 4 is 11.4 Å². The van der Waals surface area contributed by atoms with Crippen LogP contribution >= 0.6 is 0 Å². The molecule has 0 amide bonds. The van der Waals surface area contributed by atoms with Gasteiger partial charge in [-0.05, 0) is 43.3 Å². The molecular weight excluding hydrogens is 270 g/mol. The zero-order valence-electron chi connectivity index (χ0n) is 12.9. The fourth-order valence-electron chi connectivity index (χ4n) is 2.34. The summed E-state index contributed by atoms with van der Waals surface area (Å²) in [7, 11) is 2.05. The first-order valence-electron chi connectivity index (χ1n) is 7.36. The standard InChI is InChI=1S/C20H19NO/c1-16-12-14-17(15-13-16)21(2)19-10-6-7-11-20(19)22-18-8-4-3-5-9-18/h3-15H,1-2H3. The Hall–Kier alpha value is -2.74. The first-order chi connectivity index (χ1) is 10.7. The molecule has 0 atom stereocenters. The third kappa shape index (κ3) is 3.12. The molecule has 3 aromatic carbocycles. The molecule has 2 heteroatoms. The molecule has 0 aliphatic heterocycles. The number of anilines is 2. The number of aryl methyl sites for hydroxylation is 1. The Kier molecular flexibility index (Phi) is 4.10. The normalized spacial score (nSPS) is 10.3. The molecule has 0 fully saturated rings. The largest absolute Gasteiger partial charge is 0.455 e. The lowest BCUT2D eigenvalue weighted by atomic mass is 10.2. The molecule has 110 valence electrons. The van der Waals surface area contributed by atoms with E-state index in [1.54, 1.807) is 0 Å². The fourth-order valence-corrected chi connectivity index (χ4v) is 2.34. The summed E-state index contributed by atoms with van der Waals surface area (Å²) in [6.07, 6.45) is 0. The van der Waals surface area contributed by atoms with Gasteiger partial charge in [-0.3, -0.25) is 0 Å². The lowest BCUT2D eigenvalue weighted by Gasteiger charge is -2.22. The van der Waals surface area contributed by atoms with E-state index in [0.717, 1.165) is 22.9 Å². The molecule has 0 unspecified atom stereocenters. The summed E-state index contributed by atoms with van der Waals surface area (Å²) < 4.78 is 6.03. The molecule has 0 radical (unpaired) electrons. The second-order valence-electron chi connectivity index (χ2n) is 5.28. The van der Waals surface area contributed by atoms with Gasteiger partial charge < -0.3 is 9.64 Å². The molecule has 0 spiro atoms. The summed E-state index contributed by atoms with van der Waals surface area (Å²) in [6, 6.07) is 26.4. The molecule has 0 saturated carbocycles. The Morgan fingerprint density at radius 1 is 0.727 bits per heavy atom. The number of benzene rings is 3. The number of rotatable bonds is 4. The van der Waals surface area contributed by atoms with Gasteiger partial charge in [-0.25, -0.2) is 0 Å². The topological polar surface area (TPSA) is 12.5 Å². The number of nitrogens with zero attached hydrogens (tertiary/aromatic N) is 1. The van der Waals surface area contributed by atoms with E-state index in [-0.39, 0.29) is 0 Å². The van der Waals surface area contributed by atoms with Crippen LogP contribution in [0.15, 0.2) is 78.9 Å². The first kappa shape index (κ1) is 14.2. The van der Waals surface area contributed by atoms with Crippen molar-refractivity contribution in [2.45, 2.75) is 6.92 Å². The van der Waals surface area contributed by atoms with Crippen molar-refractivity contribution in [1.82, 2.24) is 0 Å². The van der Waals surface area contributed by atoms with Crippen molar-refractivity contribution in [1.29, 1.82) is 0 Å². The van der Waals surface area contributed by atoms with E-state index in [1.807, 2.05) is 48.5 Å². The number of para-hydroxylation sites is 3. The Bertz CT molecular complexity index is 735. The first-order valence-corrected chi connectivity index (χ1v) is 7.36. The van der Waals surface area contributed by atoms with Crippen LogP contribution in [0.2, 0.25) is 0 Å². The van der Waals surface area contributed by atoms with Gasteiger partial charge in [-0.15, -0.1) is 0 Å². The highest BCUT2D eigenvalue weighted by atomic mass is 16.5. The Morgan fingerprint density at radius 2 is 1.36 bits per heavy atom. The van der Waals surface area contributed by atoms with Gasteiger partial charge in [0.25, 0.3) is 0 Å². The van der Waals surface area contributed by atoms with Gasteiger partial charge >= 0.3 is 0 Å². The zero-order chi connectivity index (χ0) is 15.4. The minimum Gasteiger partial charge on any atom is -0.455 e. The minimum absolute atomic E-state index is 0.840. The van der Waals surface area contributed by atoms with Crippen LogP contribution in [0.3, 0.4) is 0 Å². The van der Waals surface area contributed by atoms with E-state index in [0.29, 0.717) is 0 Å². The van der Waals surface area contributed by atoms with Crippen LogP contribution in [0.25, 0.3) is 0 Å². The van der Waals surface area contributed by atoms with E-state index in [4.69, 9.17) is 4.74 Å². The van der Waals surface area contributed by atoms with Gasteiger partial charge in [0.15, 0.2) is 5.75 Å². The smallest absolute Gasteiger partial charge is 0.151 e. The van der Waals surface area contributed by atoms with Crippen LogP contribution in [0.5, 0.6) is 11.5 Å². The Morgan fingerprint density at radius 3 is 2.09 bits per heavy atom. The maximum absolute atomic E-state index is 6.03. The number of hydrogen-bond donors (Lipinski definition) is 0. The summed E-state index contributed by atoms with van der Waals surface area (Å²) in [6.45, 7) is 2.09. The van der Waals surface area contributed by atoms with Crippen LogP contribution < -0.4 is 9.64 Å². The molecule has 0 aliphatic rings. The molecule has 0 N–H and O–H groups in total. The van der Waals surface area contributed by atoms with E-state index >= 15 is 0 Å². The molecule has 0 saturated heterocycles. The molecular formula is C20H19NO. The van der Waals surface area contributed by atoms with E-state index < -0.39 is 0 Å². The molecule has 3 aromatic rings. The van der Waals surface area contributed by atoms with Crippen molar-refractivity contribution in [3.63, 3.8) is 0 Å². The maximum Gasteiger partial charge on any atom is 0.151 e. The fraction of sp³-hybridized carbons (Fsp3) is 0.100. The van der Waals surface area contributed by atoms with Gasteiger partial charge in [0, 0.05) is 12.7 Å². The lowest BCUT2D eigenvalue weighted by Crippen LogP contribution is -2.10. The highest BCUT2D eigenvalue weighted by molar-refractivity contribution is 5.69. The summed E-state index contributed by atoms with van der Waals surface area (Å²) in [5.74, 6) is 1.68. The van der Waals surface area contributed by atoms with Crippen LogP contribution in [0.4, 0.5) is 11.4 Å². The van der Waals surface area contributed by atoms with Crippen LogP contribution in [-0.2, 0) is 0 Å². The van der Waals surface area contributed by atoms with Crippen molar-refractivity contribution in [3.8, 4) is 11.5 Å². The third-order valence-corrected chi connectivity index (χ3v) is 3.62. The van der Waals surface area contributed by atoms with Crippen LogP contribution in [-0.4, -0.2) is 7.05 Å². The van der Waals surface area contributed by atoms with Gasteiger partial charge in [-0.2, -0.15) is 0 Å². The molecule has 2 nitrogen and oxygen atoms in total. The van der Waals surface area contributed by atoms with Crippen molar-refractivity contribution in [2.75, 3.05) is 11.9 Å². The SMILES string of the molecule is Cc1ccc(N(C)c2ccccc2Oc2ccccc2)cc1. The second kappa shape index (κ2) is 6.35. The summed E-state index contributed by atoms with van der Waals surface area (Å²) in [5, 5.41) is 0. The summed E-state index contributed by atoms with van der Waals surface area (Å²) in [5.41, 5.74) is 3.43. The zero-order valence-corrected chi connectivity index (χ0v) is 12.9. The predicted octanol–water partition coefficient (Wildman–Crippen LogP) is 5.56. The van der Waals surface area contributed by atoms with Crippen molar-refractivity contribution < 1.29 is 4.74 Å². The molecule has 3 rings (SSSR count). The molecule has 22 heavy (non-hydrogen) atoms. The van der Waals surface area contributed by atoms with Gasteiger partial charge in [0.2, 0.25) is 0 Å². The van der Waals surface area contributed by atoms with Crippen LogP contribution in [0.1, 0.15) is 5.56 Å². The van der Waals surface area contributed by atoms with Crippen molar-refractivity contribution in [3.05, 3.63) is 84.4 Å². The van der Waals surface area contributed by atoms with E-state index in [2.05, 4.69) is 49.2 Å². The highest BCUT2D eigenvalue weighted by Crippen LogP contribution is 2.35. The van der Waals surface area contributed by atoms with E-state index in [1.165, 1.54) is 5.56 Å². The number of hydrogen-bond acceptors (Lipinski definition) is 2. The highest BCUT2D eigenvalue weighted by Gasteiger charge is 2.10. The quantitative estimate of drug-likeness (QED) is 0.624. The number of ether oxygens (including phenoxy) is 1. The monoisotopic (exact) mass is 289 g/mol. The van der Waals surface area contributed by atoms with Gasteiger partial charge in [-0.1, -0.05) is 48.0 Å². The average Bonchev–Trinajstić information content (AvgIpc) is 2.56. The molecule has 0 aromatic heterocycles. The predicted molar refractivity (Wildman–Crippen MR) is 92.2 cm³/mol. The van der Waals surface area contributed by atoms with Crippen molar-refractivity contribution in [2.24, 2.45) is 0 Å². The Balaban J connectivity index is 1.92.